The van der Waals surface area contributed by atoms with Crippen molar-refractivity contribution in [1.29, 1.82) is 10.5 Å². The van der Waals surface area contributed by atoms with E-state index in [0.29, 0.717) is 73.5 Å². The van der Waals surface area contributed by atoms with Crippen molar-refractivity contribution in [3.05, 3.63) is 141 Å². The number of hydrogen-bond donors (Lipinski definition) is 0. The molecule has 0 spiro atoms. The fraction of sp³-hybridized carbons (Fsp3) is 0.471. The zero-order valence-corrected chi connectivity index (χ0v) is 52.4. The van der Waals surface area contributed by atoms with E-state index in [1.54, 1.807) is 0 Å². The standard InChI is InChI=1S/2C34H35ClF2N6O3/c2*1-21(36)32(44)43-14-13-41(18-24(43)9-11-38)31-26-19-45-29(25-7-2-5-22-6-3-8-27(35)30(22)25)15-28(26)39-33(40-31)46-20-34-10-4-12-42(34)17-23(37)16-34/h2*2-3,5-8,23-24,29H,1,4,9-10,12-20H2/t23-,24+,29+,34+;23-,24+,29-,34+/m11/s1. The topological polar surface area (TPSA) is 190 Å². The normalized spacial score (nSPS) is 26.1. The Balaban J connectivity index is 0.000000168. The number of benzene rings is 4. The minimum atomic E-state index is -1.05. The van der Waals surface area contributed by atoms with Gasteiger partial charge in [-0.1, -0.05) is 97.0 Å². The predicted octanol–water partition coefficient (Wildman–Crippen LogP) is 10.9. The Hall–Kier alpha value is -7.70. The SMILES string of the molecule is C=C(F)C(=O)N1CCN(c2nc(OC[C@@]34CCCN3C[C@H](F)C4)nc3c2CO[C@@H](c2cccc4cccc(Cl)c24)C3)C[C@@H]1CC#N.C=C(F)C(=O)N1CCN(c2nc(OC[C@@]34CCCN3C[C@H](F)C4)nc3c2CO[C@H](c2cccc4cccc(Cl)c24)C3)C[C@@H]1CC#N. The van der Waals surface area contributed by atoms with Crippen LogP contribution in [-0.2, 0) is 45.1 Å². The van der Waals surface area contributed by atoms with Gasteiger partial charge < -0.3 is 38.5 Å². The minimum absolute atomic E-state index is 0.0231. The van der Waals surface area contributed by atoms with E-state index in [0.717, 1.165) is 94.0 Å². The van der Waals surface area contributed by atoms with Crippen molar-refractivity contribution in [1.82, 2.24) is 39.5 Å². The molecule has 8 atom stereocenters. The first-order chi connectivity index (χ1) is 44.5. The van der Waals surface area contributed by atoms with Crippen molar-refractivity contribution < 1.29 is 46.1 Å². The number of piperazine rings is 2. The number of ether oxygens (including phenoxy) is 4. The van der Waals surface area contributed by atoms with Crippen LogP contribution in [0.2, 0.25) is 10.0 Å². The van der Waals surface area contributed by atoms with E-state index in [1.807, 2.05) is 82.6 Å². The molecule has 92 heavy (non-hydrogen) atoms. The number of aromatic nitrogens is 4. The number of nitriles is 2. The molecule has 2 amide bonds. The molecule has 10 heterocycles. The summed E-state index contributed by atoms with van der Waals surface area (Å²) in [6, 6.07) is 27.2. The zero-order chi connectivity index (χ0) is 64.0. The molecule has 6 aromatic rings. The van der Waals surface area contributed by atoms with E-state index in [9.17, 15) is 37.7 Å². The summed E-state index contributed by atoms with van der Waals surface area (Å²) in [5, 5.41) is 24.2. The summed E-state index contributed by atoms with van der Waals surface area (Å²) >= 11 is 13.3. The lowest BCUT2D eigenvalue weighted by atomic mass is 9.94. The molecule has 0 aliphatic carbocycles. The fourth-order valence-electron chi connectivity index (χ4n) is 15.5. The monoisotopic (exact) mass is 1300 g/mol. The van der Waals surface area contributed by atoms with Gasteiger partial charge in [0.2, 0.25) is 0 Å². The van der Waals surface area contributed by atoms with Gasteiger partial charge in [-0.25, -0.2) is 17.6 Å². The number of fused-ring (bicyclic) bond motifs is 6. The lowest BCUT2D eigenvalue weighted by Gasteiger charge is -2.42. The van der Waals surface area contributed by atoms with Crippen molar-refractivity contribution in [3.63, 3.8) is 0 Å². The third-order valence-electron chi connectivity index (χ3n) is 19.8. The Morgan fingerprint density at radius 3 is 1.41 bits per heavy atom. The molecule has 0 bridgehead atoms. The van der Waals surface area contributed by atoms with Crippen LogP contribution in [0.1, 0.15) is 97.2 Å². The van der Waals surface area contributed by atoms with Crippen LogP contribution in [0.15, 0.2) is 97.6 Å². The van der Waals surface area contributed by atoms with Gasteiger partial charge in [-0.05, 0) is 72.8 Å². The van der Waals surface area contributed by atoms with E-state index in [4.69, 9.17) is 62.1 Å². The maximum absolute atomic E-state index is 14.5. The average Bonchev–Trinajstić information content (AvgIpc) is 1.24. The van der Waals surface area contributed by atoms with Crippen LogP contribution < -0.4 is 19.3 Å². The third-order valence-corrected chi connectivity index (χ3v) is 20.5. The van der Waals surface area contributed by atoms with Gasteiger partial charge in [-0.3, -0.25) is 19.4 Å². The number of carbonyl (C=O) groups excluding carboxylic acids is 2. The molecule has 18 nitrogen and oxygen atoms in total. The molecule has 14 rings (SSSR count). The molecule has 0 unspecified atom stereocenters. The molecule has 0 radical (unpaired) electrons. The molecule has 6 fully saturated rings. The van der Waals surface area contributed by atoms with Gasteiger partial charge in [0.15, 0.2) is 11.7 Å². The Labute approximate surface area is 540 Å². The number of anilines is 2. The first-order valence-corrected chi connectivity index (χ1v) is 32.2. The van der Waals surface area contributed by atoms with Crippen molar-refractivity contribution >= 4 is 68.2 Å². The van der Waals surface area contributed by atoms with Gasteiger partial charge in [-0.2, -0.15) is 30.5 Å². The Morgan fingerprint density at radius 1 is 0.598 bits per heavy atom. The molecule has 8 aliphatic heterocycles. The summed E-state index contributed by atoms with van der Waals surface area (Å²) < 4.78 is 82.3. The first-order valence-electron chi connectivity index (χ1n) is 31.5. The molecule has 8 aliphatic rings. The van der Waals surface area contributed by atoms with Crippen LogP contribution in [-0.4, -0.2) is 166 Å². The Kier molecular flexibility index (Phi) is 18.1. The van der Waals surface area contributed by atoms with Crippen LogP contribution in [0.25, 0.3) is 21.5 Å². The van der Waals surface area contributed by atoms with Gasteiger partial charge >= 0.3 is 12.0 Å². The van der Waals surface area contributed by atoms with Gasteiger partial charge in [0.1, 0.15) is 37.2 Å². The van der Waals surface area contributed by atoms with Crippen LogP contribution in [0, 0.1) is 22.7 Å². The van der Waals surface area contributed by atoms with Gasteiger partial charge in [0.05, 0.1) is 85.0 Å². The molecular weight excluding hydrogens is 1230 g/mol. The highest BCUT2D eigenvalue weighted by atomic mass is 35.5. The second-order valence-electron chi connectivity index (χ2n) is 25.3. The smallest absolute Gasteiger partial charge is 0.318 e. The predicted molar refractivity (Wildman–Crippen MR) is 338 cm³/mol. The summed E-state index contributed by atoms with van der Waals surface area (Å²) in [4.78, 5) is 55.7. The summed E-state index contributed by atoms with van der Waals surface area (Å²) in [7, 11) is 0. The molecule has 6 saturated heterocycles. The van der Waals surface area contributed by atoms with Crippen LogP contribution in [0.3, 0.4) is 0 Å². The third kappa shape index (κ3) is 12.3. The highest BCUT2D eigenvalue weighted by molar-refractivity contribution is 6.36. The molecule has 4 aromatic carbocycles. The summed E-state index contributed by atoms with van der Waals surface area (Å²) in [6.45, 7) is 11.5. The number of rotatable bonds is 14. The molecule has 480 valence electrons. The number of hydrogen-bond acceptors (Lipinski definition) is 16. The summed E-state index contributed by atoms with van der Waals surface area (Å²) in [5.74, 6) is -2.53. The summed E-state index contributed by atoms with van der Waals surface area (Å²) in [6.07, 6.45) is 3.06. The highest BCUT2D eigenvalue weighted by Gasteiger charge is 2.51. The van der Waals surface area contributed by atoms with E-state index >= 15 is 0 Å². The number of halogens is 6. The maximum Gasteiger partial charge on any atom is 0.318 e. The maximum atomic E-state index is 14.5. The van der Waals surface area contributed by atoms with E-state index in [-0.39, 0.29) is 101 Å². The number of amides is 2. The summed E-state index contributed by atoms with van der Waals surface area (Å²) in [5.41, 5.74) is 4.31. The highest BCUT2D eigenvalue weighted by Crippen LogP contribution is 2.45. The van der Waals surface area contributed by atoms with Crippen molar-refractivity contribution in [2.24, 2.45) is 0 Å². The first kappa shape index (κ1) is 63.1. The molecular formula is C68H70Cl2F4N12O6. The van der Waals surface area contributed by atoms with Crippen LogP contribution >= 0.6 is 23.2 Å². The van der Waals surface area contributed by atoms with Crippen molar-refractivity contribution in [2.75, 3.05) is 88.5 Å². The molecule has 2 aromatic heterocycles. The lowest BCUT2D eigenvalue weighted by Crippen LogP contribution is -2.55. The second-order valence-corrected chi connectivity index (χ2v) is 26.2. The number of alkyl halides is 2. The zero-order valence-electron chi connectivity index (χ0n) is 50.9. The van der Waals surface area contributed by atoms with Crippen molar-refractivity contribution in [2.45, 2.75) is 125 Å². The molecule has 0 N–H and O–H groups in total. The van der Waals surface area contributed by atoms with E-state index in [1.165, 1.54) is 9.80 Å². The number of nitrogens with zero attached hydrogens (tertiary/aromatic N) is 12. The Bertz CT molecular complexity index is 3710. The van der Waals surface area contributed by atoms with Crippen LogP contribution in [0.4, 0.5) is 29.2 Å². The van der Waals surface area contributed by atoms with Gasteiger partial charge in [0, 0.05) is 110 Å². The van der Waals surface area contributed by atoms with Gasteiger partial charge in [0.25, 0.3) is 11.8 Å². The molecule has 0 saturated carbocycles. The van der Waals surface area contributed by atoms with Crippen LogP contribution in [0.5, 0.6) is 12.0 Å². The van der Waals surface area contributed by atoms with Crippen molar-refractivity contribution in [3.8, 4) is 24.2 Å². The van der Waals surface area contributed by atoms with Gasteiger partial charge in [-0.15, -0.1) is 0 Å². The van der Waals surface area contributed by atoms with E-state index in [2.05, 4.69) is 35.1 Å². The molecule has 24 heteroatoms. The fourth-order valence-corrected chi connectivity index (χ4v) is 16.1. The largest absolute Gasteiger partial charge is 0.461 e. The average molecular weight is 1300 g/mol. The lowest BCUT2D eigenvalue weighted by molar-refractivity contribution is -0.132. The van der Waals surface area contributed by atoms with E-state index < -0.39 is 47.9 Å². The minimum Gasteiger partial charge on any atom is -0.461 e. The number of carbonyl (C=O) groups is 2. The Morgan fingerprint density at radius 2 is 1.01 bits per heavy atom. The quantitative estimate of drug-likeness (QED) is 0.0739. The second kappa shape index (κ2) is 26.4.